The van der Waals surface area contributed by atoms with Gasteiger partial charge in [0.25, 0.3) is 0 Å². The van der Waals surface area contributed by atoms with Crippen LogP contribution in [0.1, 0.15) is 11.1 Å². The quantitative estimate of drug-likeness (QED) is 0.668. The molecule has 2 aromatic carbocycles. The molecule has 100 valence electrons. The molecule has 0 spiro atoms. The molecule has 0 fully saturated rings. The number of benzene rings is 2. The van der Waals surface area contributed by atoms with Crippen molar-refractivity contribution in [1.82, 2.24) is 0 Å². The van der Waals surface area contributed by atoms with E-state index in [2.05, 4.69) is 19.7 Å². The van der Waals surface area contributed by atoms with Gasteiger partial charge in [0.15, 0.2) is 0 Å². The van der Waals surface area contributed by atoms with E-state index in [1.165, 1.54) is 17.2 Å². The Kier molecular flexibility index (Phi) is 10.8. The van der Waals surface area contributed by atoms with E-state index in [1.54, 1.807) is 6.07 Å². The average Bonchev–Trinajstić information content (AvgIpc) is 2.57. The van der Waals surface area contributed by atoms with E-state index in [4.69, 9.17) is 5.26 Å². The highest BCUT2D eigenvalue weighted by molar-refractivity contribution is 5.46. The highest BCUT2D eigenvalue weighted by Crippen LogP contribution is 1.98. The van der Waals surface area contributed by atoms with Crippen LogP contribution in [0.15, 0.2) is 86.5 Å². The van der Waals surface area contributed by atoms with Gasteiger partial charge in [0.05, 0.1) is 6.07 Å². The van der Waals surface area contributed by atoms with E-state index in [-0.39, 0.29) is 0 Å². The first-order chi connectivity index (χ1) is 9.78. The first kappa shape index (κ1) is 17.2. The summed E-state index contributed by atoms with van der Waals surface area (Å²) in [4.78, 5) is 0. The maximum absolute atomic E-state index is 7.51. The second-order valence-corrected chi connectivity index (χ2v) is 3.56. The first-order valence-electron chi connectivity index (χ1n) is 6.14. The largest absolute Gasteiger partial charge is 0.193 e. The third-order valence-corrected chi connectivity index (χ3v) is 2.16. The summed E-state index contributed by atoms with van der Waals surface area (Å²) in [6, 6.07) is 21.8. The lowest BCUT2D eigenvalue weighted by Crippen LogP contribution is -1.63. The molecule has 2 rings (SSSR count). The van der Waals surface area contributed by atoms with Gasteiger partial charge in [-0.05, 0) is 11.1 Å². The topological polar surface area (TPSA) is 23.8 Å². The molecule has 0 heterocycles. The fourth-order valence-electron chi connectivity index (χ4n) is 1.18. The number of allylic oxidation sites excluding steroid dienone is 1. The molecule has 1 heteroatoms. The first-order valence-corrected chi connectivity index (χ1v) is 6.14. The lowest BCUT2D eigenvalue weighted by atomic mass is 10.2. The average molecular weight is 261 g/mol. The van der Waals surface area contributed by atoms with E-state index in [0.29, 0.717) is 0 Å². The Bertz CT molecular complexity index is 489. The molecule has 0 amide bonds. The molecule has 2 aromatic rings. The smallest absolute Gasteiger partial charge is 0.0905 e. The highest BCUT2D eigenvalue weighted by atomic mass is 14.2. The molecule has 0 aliphatic heterocycles. The van der Waals surface area contributed by atoms with Crippen LogP contribution in [0.3, 0.4) is 0 Å². The molecule has 0 unspecified atom stereocenters. The number of hydrogen-bond donors (Lipinski definition) is 0. The molecule has 1 nitrogen and oxygen atoms in total. The van der Waals surface area contributed by atoms with Crippen LogP contribution in [0.4, 0.5) is 0 Å². The fourth-order valence-corrected chi connectivity index (χ4v) is 1.18. The van der Waals surface area contributed by atoms with Crippen molar-refractivity contribution in [2.45, 2.75) is 0 Å². The minimum atomic E-state index is 1.17. The van der Waals surface area contributed by atoms with Crippen molar-refractivity contribution in [1.29, 1.82) is 5.26 Å². The summed E-state index contributed by atoms with van der Waals surface area (Å²) in [6.45, 7) is 10.4. The molecule has 0 atom stereocenters. The Morgan fingerprint density at radius 3 is 1.15 bits per heavy atom. The predicted octanol–water partition coefficient (Wildman–Crippen LogP) is 5.36. The Labute approximate surface area is 121 Å². The summed E-state index contributed by atoms with van der Waals surface area (Å²) in [5.41, 5.74) is 2.35. The van der Waals surface area contributed by atoms with Gasteiger partial charge in [-0.1, -0.05) is 92.6 Å². The summed E-state index contributed by atoms with van der Waals surface area (Å²) in [7, 11) is 0. The highest BCUT2D eigenvalue weighted by Gasteiger charge is 1.76. The Morgan fingerprint density at radius 2 is 1.00 bits per heavy atom. The number of hydrogen-bond acceptors (Lipinski definition) is 1. The van der Waals surface area contributed by atoms with Crippen LogP contribution in [0.5, 0.6) is 0 Å². The normalized spacial score (nSPS) is 7.55. The molecule has 0 saturated heterocycles. The Balaban J connectivity index is 0.000000289. The number of nitriles is 1. The van der Waals surface area contributed by atoms with Gasteiger partial charge in [0, 0.05) is 6.08 Å². The van der Waals surface area contributed by atoms with Crippen molar-refractivity contribution in [3.8, 4) is 6.07 Å². The lowest BCUT2D eigenvalue weighted by Gasteiger charge is -1.85. The molecule has 0 saturated carbocycles. The lowest BCUT2D eigenvalue weighted by molar-refractivity contribution is 1.54. The monoisotopic (exact) mass is 261 g/mol. The van der Waals surface area contributed by atoms with Gasteiger partial charge in [-0.2, -0.15) is 5.26 Å². The van der Waals surface area contributed by atoms with E-state index in [0.717, 1.165) is 0 Å². The summed E-state index contributed by atoms with van der Waals surface area (Å²) >= 11 is 0. The minimum absolute atomic E-state index is 1.17. The van der Waals surface area contributed by atoms with Gasteiger partial charge in [-0.15, -0.1) is 0 Å². The minimum Gasteiger partial charge on any atom is -0.193 e. The van der Waals surface area contributed by atoms with Crippen LogP contribution in [0, 0.1) is 11.3 Å². The van der Waals surface area contributed by atoms with Crippen molar-refractivity contribution in [3.05, 3.63) is 97.6 Å². The van der Waals surface area contributed by atoms with Gasteiger partial charge in [0.1, 0.15) is 0 Å². The van der Waals surface area contributed by atoms with E-state index in [9.17, 15) is 0 Å². The van der Waals surface area contributed by atoms with Gasteiger partial charge in [-0.3, -0.25) is 0 Å². The molecule has 20 heavy (non-hydrogen) atoms. The fraction of sp³-hybridized carbons (Fsp3) is 0. The van der Waals surface area contributed by atoms with Gasteiger partial charge >= 0.3 is 0 Å². The van der Waals surface area contributed by atoms with Crippen molar-refractivity contribution in [2.24, 2.45) is 0 Å². The maximum atomic E-state index is 7.51. The van der Waals surface area contributed by atoms with E-state index < -0.39 is 0 Å². The summed E-state index contributed by atoms with van der Waals surface area (Å²) in [6.07, 6.45) is 4.85. The Hall–Kier alpha value is -2.85. The van der Waals surface area contributed by atoms with Crippen LogP contribution in [0.2, 0.25) is 0 Å². The Morgan fingerprint density at radius 1 is 0.700 bits per heavy atom. The molecule has 0 aromatic heterocycles. The van der Waals surface area contributed by atoms with Crippen LogP contribution in [-0.2, 0) is 0 Å². The van der Waals surface area contributed by atoms with Crippen LogP contribution in [-0.4, -0.2) is 0 Å². The van der Waals surface area contributed by atoms with Crippen molar-refractivity contribution >= 4 is 12.2 Å². The second-order valence-electron chi connectivity index (χ2n) is 3.56. The van der Waals surface area contributed by atoms with E-state index >= 15 is 0 Å². The van der Waals surface area contributed by atoms with Crippen molar-refractivity contribution in [2.75, 3.05) is 0 Å². The summed E-state index contributed by atoms with van der Waals surface area (Å²) < 4.78 is 0. The molecular weight excluding hydrogens is 242 g/mol. The third kappa shape index (κ3) is 9.21. The maximum Gasteiger partial charge on any atom is 0.0905 e. The molecular formula is C19H19N. The molecule has 0 aliphatic carbocycles. The van der Waals surface area contributed by atoms with Crippen LogP contribution < -0.4 is 0 Å². The van der Waals surface area contributed by atoms with Gasteiger partial charge in [0.2, 0.25) is 0 Å². The number of nitrogens with zero attached hydrogens (tertiary/aromatic N) is 1. The standard InChI is InChI=1S/2C8H8.C3H3N/c2*1-2-8-6-4-3-5-7-8;1-2-3-4/h2*2-7H,1H2;2H,1H2. The zero-order valence-corrected chi connectivity index (χ0v) is 11.6. The van der Waals surface area contributed by atoms with Gasteiger partial charge < -0.3 is 0 Å². The zero-order chi connectivity index (χ0) is 15.1. The van der Waals surface area contributed by atoms with Gasteiger partial charge in [-0.25, -0.2) is 0 Å². The molecule has 0 N–H and O–H groups in total. The van der Waals surface area contributed by atoms with Crippen molar-refractivity contribution in [3.63, 3.8) is 0 Å². The predicted molar refractivity (Wildman–Crippen MR) is 88.9 cm³/mol. The third-order valence-electron chi connectivity index (χ3n) is 2.16. The molecule has 0 bridgehead atoms. The molecule has 0 radical (unpaired) electrons. The van der Waals surface area contributed by atoms with E-state index in [1.807, 2.05) is 72.8 Å². The summed E-state index contributed by atoms with van der Waals surface area (Å²) in [5, 5.41) is 7.51. The molecule has 0 aliphatic rings. The number of rotatable bonds is 2. The SMILES string of the molecule is C=CC#N.C=Cc1ccccc1.C=Cc1ccccc1. The van der Waals surface area contributed by atoms with Crippen molar-refractivity contribution < 1.29 is 0 Å². The van der Waals surface area contributed by atoms with Crippen LogP contribution in [0.25, 0.3) is 12.2 Å². The summed E-state index contributed by atoms with van der Waals surface area (Å²) in [5.74, 6) is 0. The zero-order valence-electron chi connectivity index (χ0n) is 11.6. The van der Waals surface area contributed by atoms with Crippen LogP contribution >= 0.6 is 0 Å². The second kappa shape index (κ2) is 12.6.